The summed E-state index contributed by atoms with van der Waals surface area (Å²) in [5, 5.41) is 5.38. The summed E-state index contributed by atoms with van der Waals surface area (Å²) in [6.07, 6.45) is 3.39. The van der Waals surface area contributed by atoms with Crippen molar-refractivity contribution in [1.29, 1.82) is 0 Å². The number of sulfone groups is 1. The van der Waals surface area contributed by atoms with E-state index in [-0.39, 0.29) is 0 Å². The largest absolute Gasteiger partial charge is 0.330 e. The Bertz CT molecular complexity index is 1190. The smallest absolute Gasteiger partial charge is 0.209 e. The molecule has 0 fully saturated rings. The van der Waals surface area contributed by atoms with Crippen molar-refractivity contribution in [2.75, 3.05) is 13.6 Å². The zero-order chi connectivity index (χ0) is 18.1. The molecule has 0 aliphatic heterocycles. The van der Waals surface area contributed by atoms with E-state index in [1.165, 1.54) is 0 Å². The standard InChI is InChI=1S/C20H19N3O2S/c1-21-12-13-23-14-19(17-9-5-11-22-20(17)23)26(24,25)18-10-4-7-15-6-2-3-8-16(15)18/h2-11,14,21H,12-13H2,1H3. The Balaban J connectivity index is 1.96. The molecule has 0 saturated carbocycles. The predicted octanol–water partition coefficient (Wildman–Crippen LogP) is 3.24. The lowest BCUT2D eigenvalue weighted by Gasteiger charge is -2.07. The molecule has 4 rings (SSSR count). The molecule has 2 heterocycles. The molecular weight excluding hydrogens is 346 g/mol. The Morgan fingerprint density at radius 3 is 2.58 bits per heavy atom. The minimum Gasteiger partial charge on any atom is -0.330 e. The summed E-state index contributed by atoms with van der Waals surface area (Å²) in [6.45, 7) is 1.38. The summed E-state index contributed by atoms with van der Waals surface area (Å²) in [4.78, 5) is 5.02. The lowest BCUT2D eigenvalue weighted by molar-refractivity contribution is 0.596. The van der Waals surface area contributed by atoms with E-state index in [1.807, 2.05) is 48.0 Å². The molecule has 0 atom stereocenters. The van der Waals surface area contributed by atoms with Crippen molar-refractivity contribution < 1.29 is 8.42 Å². The molecule has 6 heteroatoms. The fraction of sp³-hybridized carbons (Fsp3) is 0.150. The minimum atomic E-state index is -3.68. The van der Waals surface area contributed by atoms with E-state index in [0.717, 1.165) is 17.3 Å². The Labute approximate surface area is 152 Å². The lowest BCUT2D eigenvalue weighted by Crippen LogP contribution is -2.14. The summed E-state index contributed by atoms with van der Waals surface area (Å²) in [5.74, 6) is 0. The van der Waals surface area contributed by atoms with Gasteiger partial charge >= 0.3 is 0 Å². The van der Waals surface area contributed by atoms with Crippen molar-refractivity contribution in [2.24, 2.45) is 0 Å². The molecule has 0 aliphatic carbocycles. The molecule has 0 spiro atoms. The average Bonchev–Trinajstić information content (AvgIpc) is 3.05. The number of nitrogens with one attached hydrogen (secondary N) is 1. The third-order valence-electron chi connectivity index (χ3n) is 4.53. The Kier molecular flexibility index (Phi) is 4.22. The number of aromatic nitrogens is 2. The summed E-state index contributed by atoms with van der Waals surface area (Å²) in [7, 11) is -1.81. The highest BCUT2D eigenvalue weighted by atomic mass is 32.2. The second-order valence-corrected chi connectivity index (χ2v) is 8.03. The second-order valence-electron chi connectivity index (χ2n) is 6.15. The molecule has 2 aromatic carbocycles. The van der Waals surface area contributed by atoms with E-state index in [9.17, 15) is 8.42 Å². The zero-order valence-corrected chi connectivity index (χ0v) is 15.2. The van der Waals surface area contributed by atoms with Crippen molar-refractivity contribution in [3.05, 3.63) is 67.0 Å². The predicted molar refractivity (Wildman–Crippen MR) is 103 cm³/mol. The van der Waals surface area contributed by atoms with Crippen LogP contribution in [0.3, 0.4) is 0 Å². The monoisotopic (exact) mass is 365 g/mol. The van der Waals surface area contributed by atoms with E-state index in [4.69, 9.17) is 0 Å². The number of likely N-dealkylation sites (N-methyl/N-ethyl adjacent to an activating group) is 1. The van der Waals surface area contributed by atoms with Gasteiger partial charge in [0.1, 0.15) is 5.65 Å². The van der Waals surface area contributed by atoms with Crippen molar-refractivity contribution in [3.63, 3.8) is 0 Å². The molecule has 26 heavy (non-hydrogen) atoms. The van der Waals surface area contributed by atoms with Crippen molar-refractivity contribution in [2.45, 2.75) is 16.3 Å². The number of hydrogen-bond acceptors (Lipinski definition) is 4. The quantitative estimate of drug-likeness (QED) is 0.590. The minimum absolute atomic E-state index is 0.299. The van der Waals surface area contributed by atoms with Crippen LogP contribution >= 0.6 is 0 Å². The third kappa shape index (κ3) is 2.67. The van der Waals surface area contributed by atoms with Crippen LogP contribution in [0.5, 0.6) is 0 Å². The highest BCUT2D eigenvalue weighted by Gasteiger charge is 2.25. The van der Waals surface area contributed by atoms with Crippen LogP contribution in [0.15, 0.2) is 76.8 Å². The summed E-state index contributed by atoms with van der Waals surface area (Å²) < 4.78 is 28.9. The number of fused-ring (bicyclic) bond motifs is 2. The zero-order valence-electron chi connectivity index (χ0n) is 14.4. The average molecular weight is 365 g/mol. The van der Waals surface area contributed by atoms with Gasteiger partial charge in [0.25, 0.3) is 0 Å². The van der Waals surface area contributed by atoms with Gasteiger partial charge in [-0.2, -0.15) is 0 Å². The summed E-state index contributed by atoms with van der Waals surface area (Å²) in [5.41, 5.74) is 0.682. The molecule has 4 aromatic rings. The topological polar surface area (TPSA) is 64.0 Å². The maximum absolute atomic E-state index is 13.5. The van der Waals surface area contributed by atoms with Crippen LogP contribution in [0.2, 0.25) is 0 Å². The first kappa shape index (κ1) is 16.8. The Morgan fingerprint density at radius 1 is 0.962 bits per heavy atom. The van der Waals surface area contributed by atoms with Gasteiger partial charge < -0.3 is 9.88 Å². The summed E-state index contributed by atoms with van der Waals surface area (Å²) in [6, 6.07) is 16.5. The van der Waals surface area contributed by atoms with Gasteiger partial charge in [-0.15, -0.1) is 0 Å². The molecule has 0 unspecified atom stereocenters. The normalized spacial score (nSPS) is 12.0. The van der Waals surface area contributed by atoms with Crippen molar-refractivity contribution >= 4 is 31.6 Å². The van der Waals surface area contributed by atoms with Crippen LogP contribution in [0.4, 0.5) is 0 Å². The number of hydrogen-bond donors (Lipinski definition) is 1. The van der Waals surface area contributed by atoms with Crippen molar-refractivity contribution in [1.82, 2.24) is 14.9 Å². The van der Waals surface area contributed by atoms with E-state index >= 15 is 0 Å². The summed E-state index contributed by atoms with van der Waals surface area (Å²) >= 11 is 0. The van der Waals surface area contributed by atoms with Gasteiger partial charge in [0, 0.05) is 36.3 Å². The van der Waals surface area contributed by atoms with E-state index in [0.29, 0.717) is 27.4 Å². The van der Waals surface area contributed by atoms with Gasteiger partial charge in [-0.05, 0) is 30.6 Å². The van der Waals surface area contributed by atoms with Crippen molar-refractivity contribution in [3.8, 4) is 0 Å². The molecule has 0 bridgehead atoms. The molecule has 0 aliphatic rings. The lowest BCUT2D eigenvalue weighted by atomic mass is 10.1. The van der Waals surface area contributed by atoms with Crippen LogP contribution < -0.4 is 5.32 Å². The Hall–Kier alpha value is -2.70. The number of nitrogens with zero attached hydrogens (tertiary/aromatic N) is 2. The van der Waals surface area contributed by atoms with Crippen LogP contribution in [0.25, 0.3) is 21.8 Å². The highest BCUT2D eigenvalue weighted by molar-refractivity contribution is 7.92. The van der Waals surface area contributed by atoms with E-state index in [1.54, 1.807) is 30.6 Å². The fourth-order valence-electron chi connectivity index (χ4n) is 3.26. The van der Waals surface area contributed by atoms with Crippen LogP contribution in [0, 0.1) is 0 Å². The molecule has 1 N–H and O–H groups in total. The fourth-order valence-corrected chi connectivity index (χ4v) is 4.94. The van der Waals surface area contributed by atoms with Gasteiger partial charge in [0.15, 0.2) is 0 Å². The van der Waals surface area contributed by atoms with Gasteiger partial charge in [-0.3, -0.25) is 0 Å². The molecule has 2 aromatic heterocycles. The third-order valence-corrected chi connectivity index (χ3v) is 6.37. The van der Waals surface area contributed by atoms with Gasteiger partial charge in [-0.1, -0.05) is 36.4 Å². The second kappa shape index (κ2) is 6.55. The molecule has 132 valence electrons. The molecule has 0 amide bonds. The molecule has 5 nitrogen and oxygen atoms in total. The first-order valence-corrected chi connectivity index (χ1v) is 9.92. The highest BCUT2D eigenvalue weighted by Crippen LogP contribution is 2.32. The van der Waals surface area contributed by atoms with Gasteiger partial charge in [-0.25, -0.2) is 13.4 Å². The van der Waals surface area contributed by atoms with Gasteiger partial charge in [0.05, 0.1) is 9.79 Å². The van der Waals surface area contributed by atoms with E-state index in [2.05, 4.69) is 10.3 Å². The van der Waals surface area contributed by atoms with Crippen LogP contribution in [0.1, 0.15) is 0 Å². The first-order valence-electron chi connectivity index (χ1n) is 8.44. The van der Waals surface area contributed by atoms with Crippen LogP contribution in [-0.4, -0.2) is 31.6 Å². The molecular formula is C20H19N3O2S. The number of benzene rings is 2. The maximum Gasteiger partial charge on any atom is 0.209 e. The number of pyridine rings is 1. The molecule has 0 radical (unpaired) electrons. The Morgan fingerprint density at radius 2 is 1.73 bits per heavy atom. The molecule has 0 saturated heterocycles. The first-order chi connectivity index (χ1) is 12.6. The van der Waals surface area contributed by atoms with E-state index < -0.39 is 9.84 Å². The number of rotatable bonds is 5. The van der Waals surface area contributed by atoms with Crippen LogP contribution in [-0.2, 0) is 16.4 Å². The SMILES string of the molecule is CNCCn1cc(S(=O)(=O)c2cccc3ccccc23)c2cccnc21. The maximum atomic E-state index is 13.5. The van der Waals surface area contributed by atoms with Gasteiger partial charge in [0.2, 0.25) is 9.84 Å².